The maximum Gasteiger partial charge on any atom is 0.243 e. The van der Waals surface area contributed by atoms with Gasteiger partial charge in [0.15, 0.2) is 0 Å². The Kier molecular flexibility index (Phi) is 5.64. The minimum Gasteiger partial charge on any atom is -0.311 e. The highest BCUT2D eigenvalue weighted by Gasteiger charge is 2.38. The largest absolute Gasteiger partial charge is 0.311 e. The van der Waals surface area contributed by atoms with Gasteiger partial charge in [-0.05, 0) is 43.0 Å². The topological polar surface area (TPSA) is 81.5 Å². The number of amides is 1. The number of fused-ring (bicyclic) bond motifs is 1. The highest BCUT2D eigenvalue weighted by atomic mass is 32.2. The van der Waals surface area contributed by atoms with Crippen LogP contribution in [0.4, 0.5) is 5.69 Å². The molecule has 0 aromatic heterocycles. The highest BCUT2D eigenvalue weighted by molar-refractivity contribution is 7.89. The summed E-state index contributed by atoms with van der Waals surface area (Å²) < 4.78 is 27.3. The van der Waals surface area contributed by atoms with Crippen molar-refractivity contribution in [1.82, 2.24) is 4.31 Å². The molecule has 2 heterocycles. The first-order chi connectivity index (χ1) is 12.5. The number of nitriles is 1. The molecule has 2 aliphatic rings. The third kappa shape index (κ3) is 3.36. The molecule has 1 fully saturated rings. The van der Waals surface area contributed by atoms with Crippen LogP contribution in [0.5, 0.6) is 0 Å². The second-order valence-corrected chi connectivity index (χ2v) is 8.86. The van der Waals surface area contributed by atoms with Gasteiger partial charge in [0.05, 0.1) is 23.3 Å². The number of hydrogen-bond acceptors (Lipinski definition) is 4. The van der Waals surface area contributed by atoms with Gasteiger partial charge in [0.1, 0.15) is 0 Å². The van der Waals surface area contributed by atoms with E-state index in [1.165, 1.54) is 4.31 Å². The zero-order valence-electron chi connectivity index (χ0n) is 15.1. The van der Waals surface area contributed by atoms with Crippen LogP contribution in [0.1, 0.15) is 56.9 Å². The summed E-state index contributed by atoms with van der Waals surface area (Å²) in [6.07, 6.45) is 4.64. The molecule has 1 unspecified atom stereocenters. The molecule has 0 aliphatic carbocycles. The van der Waals surface area contributed by atoms with E-state index in [0.717, 1.165) is 36.9 Å². The van der Waals surface area contributed by atoms with E-state index in [-0.39, 0.29) is 23.1 Å². The SMILES string of the molecule is CCCCC1C(=O)N(CCC#N)c2ccc(S(=O)(=O)N3CCCC3)cc21. The van der Waals surface area contributed by atoms with E-state index in [1.54, 1.807) is 23.1 Å². The number of carbonyl (C=O) groups excluding carboxylic acids is 1. The molecule has 7 heteroatoms. The Hall–Kier alpha value is -1.91. The van der Waals surface area contributed by atoms with Gasteiger partial charge in [0.2, 0.25) is 15.9 Å². The summed E-state index contributed by atoms with van der Waals surface area (Å²) in [5, 5.41) is 8.87. The number of anilines is 1. The lowest BCUT2D eigenvalue weighted by Gasteiger charge is -2.18. The average molecular weight is 375 g/mol. The zero-order valence-corrected chi connectivity index (χ0v) is 16.0. The quantitative estimate of drug-likeness (QED) is 0.733. The second kappa shape index (κ2) is 7.77. The Bertz CT molecular complexity index is 823. The first kappa shape index (κ1) is 18.9. The normalized spacial score (nSPS) is 20.4. The fourth-order valence-electron chi connectivity index (χ4n) is 3.82. The molecule has 1 aromatic rings. The number of sulfonamides is 1. The number of nitrogens with zero attached hydrogens (tertiary/aromatic N) is 3. The maximum atomic E-state index is 12.9. The Labute approximate surface area is 155 Å². The van der Waals surface area contributed by atoms with Gasteiger partial charge in [-0.3, -0.25) is 4.79 Å². The van der Waals surface area contributed by atoms with Gasteiger partial charge in [0, 0.05) is 25.3 Å². The van der Waals surface area contributed by atoms with Crippen LogP contribution >= 0.6 is 0 Å². The summed E-state index contributed by atoms with van der Waals surface area (Å²) >= 11 is 0. The summed E-state index contributed by atoms with van der Waals surface area (Å²) in [6.45, 7) is 3.54. The molecular weight excluding hydrogens is 350 g/mol. The molecule has 0 radical (unpaired) electrons. The summed E-state index contributed by atoms with van der Waals surface area (Å²) in [6, 6.07) is 7.10. The van der Waals surface area contributed by atoms with Gasteiger partial charge in [-0.15, -0.1) is 0 Å². The second-order valence-electron chi connectivity index (χ2n) is 6.92. The van der Waals surface area contributed by atoms with Crippen LogP contribution in [-0.4, -0.2) is 38.3 Å². The van der Waals surface area contributed by atoms with Crippen molar-refractivity contribution in [3.63, 3.8) is 0 Å². The molecule has 3 rings (SSSR count). The van der Waals surface area contributed by atoms with E-state index in [9.17, 15) is 13.2 Å². The van der Waals surface area contributed by atoms with E-state index < -0.39 is 10.0 Å². The third-order valence-electron chi connectivity index (χ3n) is 5.23. The van der Waals surface area contributed by atoms with E-state index in [1.807, 2.05) is 0 Å². The van der Waals surface area contributed by atoms with Crippen LogP contribution in [0, 0.1) is 11.3 Å². The molecule has 1 aromatic carbocycles. The predicted molar refractivity (Wildman–Crippen MR) is 99.3 cm³/mol. The van der Waals surface area contributed by atoms with Crippen molar-refractivity contribution in [2.24, 2.45) is 0 Å². The Morgan fingerprint density at radius 3 is 2.65 bits per heavy atom. The molecule has 1 amide bonds. The Balaban J connectivity index is 1.98. The number of unbranched alkanes of at least 4 members (excludes halogenated alkanes) is 1. The molecule has 6 nitrogen and oxygen atoms in total. The highest BCUT2D eigenvalue weighted by Crippen LogP contribution is 2.41. The minimum atomic E-state index is -3.50. The van der Waals surface area contributed by atoms with Crippen LogP contribution < -0.4 is 4.90 Å². The number of benzene rings is 1. The molecular formula is C19H25N3O3S. The van der Waals surface area contributed by atoms with E-state index >= 15 is 0 Å². The van der Waals surface area contributed by atoms with Crippen molar-refractivity contribution in [3.05, 3.63) is 23.8 Å². The van der Waals surface area contributed by atoms with Crippen LogP contribution in [0.25, 0.3) is 0 Å². The van der Waals surface area contributed by atoms with Crippen molar-refractivity contribution < 1.29 is 13.2 Å². The van der Waals surface area contributed by atoms with Crippen LogP contribution in [0.15, 0.2) is 23.1 Å². The molecule has 1 atom stereocenters. The molecule has 140 valence electrons. The van der Waals surface area contributed by atoms with Crippen LogP contribution in [0.3, 0.4) is 0 Å². The maximum absolute atomic E-state index is 12.9. The number of rotatable bonds is 7. The first-order valence-corrected chi connectivity index (χ1v) is 10.8. The lowest BCUT2D eigenvalue weighted by atomic mass is 9.95. The van der Waals surface area contributed by atoms with Crippen molar-refractivity contribution in [2.45, 2.75) is 56.3 Å². The summed E-state index contributed by atoms with van der Waals surface area (Å²) in [7, 11) is -3.50. The summed E-state index contributed by atoms with van der Waals surface area (Å²) in [5.74, 6) is -0.322. The van der Waals surface area contributed by atoms with E-state index in [2.05, 4.69) is 13.0 Å². The van der Waals surface area contributed by atoms with Crippen LogP contribution in [-0.2, 0) is 14.8 Å². The smallest absolute Gasteiger partial charge is 0.243 e. The Morgan fingerprint density at radius 2 is 2.00 bits per heavy atom. The zero-order chi connectivity index (χ0) is 18.7. The Morgan fingerprint density at radius 1 is 1.27 bits per heavy atom. The van der Waals surface area contributed by atoms with E-state index in [4.69, 9.17) is 5.26 Å². The van der Waals surface area contributed by atoms with Crippen molar-refractivity contribution in [3.8, 4) is 6.07 Å². The van der Waals surface area contributed by atoms with Crippen molar-refractivity contribution >= 4 is 21.6 Å². The van der Waals surface area contributed by atoms with Gasteiger partial charge in [-0.2, -0.15) is 9.57 Å². The molecule has 1 saturated heterocycles. The summed E-state index contributed by atoms with van der Waals surface area (Å²) in [5.41, 5.74) is 1.55. The molecule has 26 heavy (non-hydrogen) atoms. The number of carbonyl (C=O) groups is 1. The van der Waals surface area contributed by atoms with Crippen molar-refractivity contribution in [2.75, 3.05) is 24.5 Å². The lowest BCUT2D eigenvalue weighted by Crippen LogP contribution is -2.29. The minimum absolute atomic E-state index is 0.0144. The van der Waals surface area contributed by atoms with E-state index in [0.29, 0.717) is 26.1 Å². The van der Waals surface area contributed by atoms with Gasteiger partial charge in [-0.1, -0.05) is 19.8 Å². The fourth-order valence-corrected chi connectivity index (χ4v) is 5.37. The number of hydrogen-bond donors (Lipinski definition) is 0. The fraction of sp³-hybridized carbons (Fsp3) is 0.579. The monoisotopic (exact) mass is 375 g/mol. The molecule has 0 saturated carbocycles. The molecule has 2 aliphatic heterocycles. The third-order valence-corrected chi connectivity index (χ3v) is 7.12. The average Bonchev–Trinajstić information content (AvgIpc) is 3.25. The molecule has 0 bridgehead atoms. The van der Waals surface area contributed by atoms with Gasteiger partial charge < -0.3 is 4.90 Å². The first-order valence-electron chi connectivity index (χ1n) is 9.33. The van der Waals surface area contributed by atoms with Crippen LogP contribution in [0.2, 0.25) is 0 Å². The lowest BCUT2D eigenvalue weighted by molar-refractivity contribution is -0.119. The van der Waals surface area contributed by atoms with Gasteiger partial charge >= 0.3 is 0 Å². The standard InChI is InChI=1S/C19H25N3O3S/c1-2-3-7-16-17-14-15(26(24,25)21-11-4-5-12-21)8-9-18(17)22(19(16)23)13-6-10-20/h8-9,14,16H,2-7,11-13H2,1H3. The van der Waals surface area contributed by atoms with Gasteiger partial charge in [0.25, 0.3) is 0 Å². The summed E-state index contributed by atoms with van der Waals surface area (Å²) in [4.78, 5) is 14.8. The van der Waals surface area contributed by atoms with Crippen molar-refractivity contribution in [1.29, 1.82) is 5.26 Å². The molecule has 0 N–H and O–H groups in total. The van der Waals surface area contributed by atoms with Gasteiger partial charge in [-0.25, -0.2) is 8.42 Å². The molecule has 0 spiro atoms. The predicted octanol–water partition coefficient (Wildman–Crippen LogP) is 3.01.